The first-order valence-corrected chi connectivity index (χ1v) is 7.14. The Morgan fingerprint density at radius 2 is 2.19 bits per heavy atom. The number of ether oxygens (including phenoxy) is 1. The molecule has 2 heteroatoms. The highest BCUT2D eigenvalue weighted by molar-refractivity contribution is 4.97. The molecule has 3 unspecified atom stereocenters. The minimum absolute atomic E-state index is 0.180. The van der Waals surface area contributed by atoms with Crippen LogP contribution in [0.15, 0.2) is 0 Å². The van der Waals surface area contributed by atoms with Crippen LogP contribution >= 0.6 is 0 Å². The van der Waals surface area contributed by atoms with Gasteiger partial charge in [0, 0.05) is 12.6 Å². The van der Waals surface area contributed by atoms with Crippen molar-refractivity contribution in [2.24, 2.45) is 5.92 Å². The van der Waals surface area contributed by atoms with Gasteiger partial charge in [0.1, 0.15) is 0 Å². The van der Waals surface area contributed by atoms with Crippen LogP contribution in [0, 0.1) is 5.92 Å². The normalized spacial score (nSPS) is 40.9. The lowest BCUT2D eigenvalue weighted by Gasteiger charge is -2.44. The highest BCUT2D eigenvalue weighted by Crippen LogP contribution is 2.38. The predicted octanol–water partition coefficient (Wildman–Crippen LogP) is 3.11. The van der Waals surface area contributed by atoms with Crippen molar-refractivity contribution in [3.8, 4) is 0 Å². The summed E-state index contributed by atoms with van der Waals surface area (Å²) in [5, 5.41) is 3.70. The quantitative estimate of drug-likeness (QED) is 0.779. The van der Waals surface area contributed by atoms with Gasteiger partial charge in [-0.1, -0.05) is 33.1 Å². The molecular weight excluding hydrogens is 198 g/mol. The molecule has 0 aromatic heterocycles. The molecular formula is C14H27NO. The van der Waals surface area contributed by atoms with Crippen molar-refractivity contribution in [1.29, 1.82) is 0 Å². The van der Waals surface area contributed by atoms with Gasteiger partial charge in [-0.25, -0.2) is 0 Å². The van der Waals surface area contributed by atoms with E-state index in [-0.39, 0.29) is 5.60 Å². The molecule has 3 atom stereocenters. The first-order valence-electron chi connectivity index (χ1n) is 7.14. The van der Waals surface area contributed by atoms with Gasteiger partial charge < -0.3 is 10.1 Å². The van der Waals surface area contributed by atoms with Crippen molar-refractivity contribution in [2.75, 3.05) is 13.2 Å². The van der Waals surface area contributed by atoms with Gasteiger partial charge in [-0.3, -0.25) is 0 Å². The Morgan fingerprint density at radius 1 is 1.31 bits per heavy atom. The Morgan fingerprint density at radius 3 is 3.00 bits per heavy atom. The van der Waals surface area contributed by atoms with E-state index in [1.165, 1.54) is 44.9 Å². The molecule has 16 heavy (non-hydrogen) atoms. The summed E-state index contributed by atoms with van der Waals surface area (Å²) in [7, 11) is 0. The van der Waals surface area contributed by atoms with Crippen LogP contribution in [0.25, 0.3) is 0 Å². The number of rotatable bonds is 2. The van der Waals surface area contributed by atoms with Crippen LogP contribution in [-0.2, 0) is 4.74 Å². The Bertz CT molecular complexity index is 217. The minimum atomic E-state index is 0.180. The molecule has 1 aliphatic carbocycles. The molecule has 0 aromatic carbocycles. The molecule has 94 valence electrons. The maximum atomic E-state index is 6.24. The standard InChI is InChI=1S/C14H27NO/c1-3-5-13-14(16-11-10-15-13)8-4-6-12(2)7-9-14/h12-13,15H,3-11H2,1-2H3. The second-order valence-corrected chi connectivity index (χ2v) is 5.74. The zero-order valence-corrected chi connectivity index (χ0v) is 10.9. The molecule has 1 spiro atoms. The van der Waals surface area contributed by atoms with Crippen molar-refractivity contribution in [3.63, 3.8) is 0 Å². The average molecular weight is 225 g/mol. The summed E-state index contributed by atoms with van der Waals surface area (Å²) in [4.78, 5) is 0. The highest BCUT2D eigenvalue weighted by Gasteiger charge is 2.42. The number of hydrogen-bond donors (Lipinski definition) is 1. The summed E-state index contributed by atoms with van der Waals surface area (Å²) >= 11 is 0. The lowest BCUT2D eigenvalue weighted by atomic mass is 9.82. The van der Waals surface area contributed by atoms with E-state index in [1.807, 2.05) is 0 Å². The molecule has 2 rings (SSSR count). The lowest BCUT2D eigenvalue weighted by molar-refractivity contribution is -0.108. The van der Waals surface area contributed by atoms with E-state index in [0.29, 0.717) is 6.04 Å². The fourth-order valence-electron chi connectivity index (χ4n) is 3.43. The molecule has 0 bridgehead atoms. The van der Waals surface area contributed by atoms with Crippen LogP contribution in [0.4, 0.5) is 0 Å². The molecule has 1 heterocycles. The molecule has 1 saturated carbocycles. The van der Waals surface area contributed by atoms with E-state index < -0.39 is 0 Å². The van der Waals surface area contributed by atoms with Gasteiger partial charge in [0.2, 0.25) is 0 Å². The largest absolute Gasteiger partial charge is 0.372 e. The first-order chi connectivity index (χ1) is 7.77. The number of nitrogens with one attached hydrogen (secondary N) is 1. The van der Waals surface area contributed by atoms with Crippen molar-refractivity contribution in [3.05, 3.63) is 0 Å². The summed E-state index contributed by atoms with van der Waals surface area (Å²) in [5.41, 5.74) is 0.180. The van der Waals surface area contributed by atoms with Gasteiger partial charge in [-0.05, 0) is 31.6 Å². The third kappa shape index (κ3) is 2.60. The van der Waals surface area contributed by atoms with Gasteiger partial charge in [-0.15, -0.1) is 0 Å². The summed E-state index contributed by atoms with van der Waals surface area (Å²) in [5.74, 6) is 0.896. The van der Waals surface area contributed by atoms with Gasteiger partial charge >= 0.3 is 0 Å². The Balaban J connectivity index is 2.05. The highest BCUT2D eigenvalue weighted by atomic mass is 16.5. The molecule has 0 radical (unpaired) electrons. The monoisotopic (exact) mass is 225 g/mol. The van der Waals surface area contributed by atoms with Gasteiger partial charge in [-0.2, -0.15) is 0 Å². The lowest BCUT2D eigenvalue weighted by Crippen LogP contribution is -2.57. The fourth-order valence-corrected chi connectivity index (χ4v) is 3.43. The molecule has 1 N–H and O–H groups in total. The minimum Gasteiger partial charge on any atom is -0.372 e. The molecule has 1 aliphatic heterocycles. The predicted molar refractivity (Wildman–Crippen MR) is 67.6 cm³/mol. The van der Waals surface area contributed by atoms with E-state index >= 15 is 0 Å². The molecule has 1 saturated heterocycles. The van der Waals surface area contributed by atoms with Crippen LogP contribution in [0.2, 0.25) is 0 Å². The third-order valence-corrected chi connectivity index (χ3v) is 4.45. The van der Waals surface area contributed by atoms with Gasteiger partial charge in [0.15, 0.2) is 0 Å². The smallest absolute Gasteiger partial charge is 0.0835 e. The van der Waals surface area contributed by atoms with Gasteiger partial charge in [0.05, 0.1) is 12.2 Å². The topological polar surface area (TPSA) is 21.3 Å². The molecule has 2 aliphatic rings. The maximum absolute atomic E-state index is 6.24. The van der Waals surface area contributed by atoms with Crippen LogP contribution in [0.3, 0.4) is 0 Å². The van der Waals surface area contributed by atoms with Crippen LogP contribution < -0.4 is 5.32 Å². The van der Waals surface area contributed by atoms with Crippen molar-refractivity contribution in [1.82, 2.24) is 5.32 Å². The Kier molecular flexibility index (Phi) is 4.26. The number of morpholine rings is 1. The van der Waals surface area contributed by atoms with Crippen molar-refractivity contribution >= 4 is 0 Å². The average Bonchev–Trinajstić information content (AvgIpc) is 2.46. The molecule has 0 amide bonds. The zero-order chi connectivity index (χ0) is 11.4. The van der Waals surface area contributed by atoms with E-state index in [9.17, 15) is 0 Å². The van der Waals surface area contributed by atoms with Crippen molar-refractivity contribution in [2.45, 2.75) is 70.4 Å². The van der Waals surface area contributed by atoms with Crippen molar-refractivity contribution < 1.29 is 4.74 Å². The van der Waals surface area contributed by atoms with E-state index in [1.54, 1.807) is 0 Å². The Hall–Kier alpha value is -0.0800. The van der Waals surface area contributed by atoms with Crippen LogP contribution in [0.1, 0.15) is 58.8 Å². The summed E-state index contributed by atoms with van der Waals surface area (Å²) < 4.78 is 6.24. The first kappa shape index (κ1) is 12.4. The summed E-state index contributed by atoms with van der Waals surface area (Å²) in [6.45, 7) is 6.63. The maximum Gasteiger partial charge on any atom is 0.0835 e. The Labute approximate surface area is 100 Å². The van der Waals surface area contributed by atoms with Crippen LogP contribution in [0.5, 0.6) is 0 Å². The summed E-state index contributed by atoms with van der Waals surface area (Å²) in [6.07, 6.45) is 9.17. The second-order valence-electron chi connectivity index (χ2n) is 5.74. The molecule has 2 nitrogen and oxygen atoms in total. The van der Waals surface area contributed by atoms with E-state index in [0.717, 1.165) is 19.1 Å². The summed E-state index contributed by atoms with van der Waals surface area (Å²) in [6, 6.07) is 0.608. The van der Waals surface area contributed by atoms with E-state index in [2.05, 4.69) is 19.2 Å². The molecule has 0 aromatic rings. The SMILES string of the molecule is CCCC1NCCOC12CCCC(C)CC2. The second kappa shape index (κ2) is 5.50. The van der Waals surface area contributed by atoms with E-state index in [4.69, 9.17) is 4.74 Å². The zero-order valence-electron chi connectivity index (χ0n) is 10.9. The fraction of sp³-hybridized carbons (Fsp3) is 1.00. The van der Waals surface area contributed by atoms with Gasteiger partial charge in [0.25, 0.3) is 0 Å². The number of hydrogen-bond acceptors (Lipinski definition) is 2. The third-order valence-electron chi connectivity index (χ3n) is 4.45. The molecule has 2 fully saturated rings. The van der Waals surface area contributed by atoms with Crippen LogP contribution in [-0.4, -0.2) is 24.8 Å².